The molecule has 0 radical (unpaired) electrons. The van der Waals surface area contributed by atoms with Crippen molar-refractivity contribution in [2.75, 3.05) is 20.5 Å². The van der Waals surface area contributed by atoms with Gasteiger partial charge in [0.15, 0.2) is 23.0 Å². The Labute approximate surface area is 194 Å². The molecule has 1 amide bonds. The molecule has 0 N–H and O–H groups in total. The topological polar surface area (TPSA) is 57.2 Å². The molecule has 9 heteroatoms. The zero-order valence-electron chi connectivity index (χ0n) is 16.3. The summed E-state index contributed by atoms with van der Waals surface area (Å²) in [7, 11) is 1.50. The quantitative estimate of drug-likeness (QED) is 0.348. The van der Waals surface area contributed by atoms with Gasteiger partial charge in [-0.2, -0.15) is 0 Å². The van der Waals surface area contributed by atoms with Crippen molar-refractivity contribution in [3.63, 3.8) is 0 Å². The molecule has 2 aromatic rings. The lowest BCUT2D eigenvalue weighted by Gasteiger charge is -2.14. The minimum atomic E-state index is -0.185. The van der Waals surface area contributed by atoms with Crippen molar-refractivity contribution in [1.82, 2.24) is 4.90 Å². The number of fused-ring (bicyclic) bond motifs is 1. The van der Waals surface area contributed by atoms with Gasteiger partial charge in [-0.15, -0.1) is 6.42 Å². The van der Waals surface area contributed by atoms with Crippen LogP contribution in [0, 0.1) is 12.3 Å². The fourth-order valence-corrected chi connectivity index (χ4v) is 4.62. The van der Waals surface area contributed by atoms with Crippen molar-refractivity contribution in [1.29, 1.82) is 0 Å². The summed E-state index contributed by atoms with van der Waals surface area (Å²) >= 11 is 13.0. The Bertz CT molecular complexity index is 1140. The van der Waals surface area contributed by atoms with Crippen molar-refractivity contribution in [2.24, 2.45) is 0 Å². The first kappa shape index (κ1) is 21.4. The van der Waals surface area contributed by atoms with E-state index in [9.17, 15) is 4.79 Å². The zero-order valence-corrected chi connectivity index (χ0v) is 18.7. The van der Waals surface area contributed by atoms with Gasteiger partial charge in [-0.1, -0.05) is 47.6 Å². The van der Waals surface area contributed by atoms with E-state index in [-0.39, 0.29) is 19.3 Å². The summed E-state index contributed by atoms with van der Waals surface area (Å²) < 4.78 is 22.0. The number of carbonyl (C=O) groups excluding carboxylic acids is 1. The number of thioether (sulfide) groups is 1. The first-order chi connectivity index (χ1) is 15.0. The Kier molecular flexibility index (Phi) is 6.28. The molecule has 158 valence electrons. The van der Waals surface area contributed by atoms with Crippen LogP contribution in [-0.4, -0.2) is 35.6 Å². The predicted octanol–water partition coefficient (Wildman–Crippen LogP) is 4.49. The highest BCUT2D eigenvalue weighted by Crippen LogP contribution is 2.40. The summed E-state index contributed by atoms with van der Waals surface area (Å²) in [4.78, 5) is 15.0. The highest BCUT2D eigenvalue weighted by atomic mass is 35.5. The number of amides is 1. The molecule has 0 spiro atoms. The van der Waals surface area contributed by atoms with E-state index >= 15 is 0 Å². The molecule has 2 aliphatic rings. The number of hydrogen-bond acceptors (Lipinski definition) is 7. The van der Waals surface area contributed by atoms with Crippen LogP contribution < -0.4 is 18.9 Å². The van der Waals surface area contributed by atoms with Gasteiger partial charge in [-0.3, -0.25) is 9.69 Å². The van der Waals surface area contributed by atoms with Crippen LogP contribution in [-0.2, 0) is 11.3 Å². The lowest BCUT2D eigenvalue weighted by atomic mass is 10.1. The van der Waals surface area contributed by atoms with Crippen LogP contribution in [0.2, 0.25) is 5.02 Å². The second-order valence-electron chi connectivity index (χ2n) is 6.48. The van der Waals surface area contributed by atoms with Gasteiger partial charge in [0.05, 0.1) is 23.6 Å². The Morgan fingerprint density at radius 3 is 2.90 bits per heavy atom. The van der Waals surface area contributed by atoms with Crippen molar-refractivity contribution in [3.8, 4) is 35.3 Å². The van der Waals surface area contributed by atoms with E-state index in [1.165, 1.54) is 18.9 Å². The van der Waals surface area contributed by atoms with Gasteiger partial charge in [0, 0.05) is 0 Å². The molecule has 2 aromatic carbocycles. The van der Waals surface area contributed by atoms with Gasteiger partial charge in [0.1, 0.15) is 10.9 Å². The highest BCUT2D eigenvalue weighted by molar-refractivity contribution is 8.26. The summed E-state index contributed by atoms with van der Waals surface area (Å²) in [5, 5.41) is 0.330. The smallest absolute Gasteiger partial charge is 0.266 e. The van der Waals surface area contributed by atoms with E-state index in [0.717, 1.165) is 5.56 Å². The monoisotopic (exact) mass is 473 g/mol. The molecule has 1 saturated heterocycles. The van der Waals surface area contributed by atoms with E-state index in [4.69, 9.17) is 49.2 Å². The maximum atomic E-state index is 13.0. The van der Waals surface area contributed by atoms with Crippen LogP contribution in [0.5, 0.6) is 23.0 Å². The fourth-order valence-electron chi connectivity index (χ4n) is 3.09. The third-order valence-electron chi connectivity index (χ3n) is 4.50. The lowest BCUT2D eigenvalue weighted by molar-refractivity contribution is -0.122. The number of carbonyl (C=O) groups is 1. The second kappa shape index (κ2) is 9.10. The van der Waals surface area contributed by atoms with Gasteiger partial charge in [0.2, 0.25) is 6.79 Å². The molecule has 0 aromatic heterocycles. The van der Waals surface area contributed by atoms with Gasteiger partial charge in [0.25, 0.3) is 5.91 Å². The molecule has 0 saturated carbocycles. The van der Waals surface area contributed by atoms with Crippen LogP contribution in [0.1, 0.15) is 11.1 Å². The molecule has 0 unspecified atom stereocenters. The molecule has 2 aliphatic heterocycles. The number of terminal acetylenes is 1. The van der Waals surface area contributed by atoms with E-state index in [2.05, 4.69) is 5.92 Å². The van der Waals surface area contributed by atoms with Crippen molar-refractivity contribution in [2.45, 2.75) is 6.54 Å². The molecule has 6 nitrogen and oxygen atoms in total. The first-order valence-corrected chi connectivity index (χ1v) is 10.7. The first-order valence-electron chi connectivity index (χ1n) is 9.08. The number of nitrogens with zero attached hydrogens (tertiary/aromatic N) is 1. The summed E-state index contributed by atoms with van der Waals surface area (Å²) in [5.41, 5.74) is 1.57. The maximum Gasteiger partial charge on any atom is 0.266 e. The Morgan fingerprint density at radius 2 is 2.13 bits per heavy atom. The third-order valence-corrected chi connectivity index (χ3v) is 6.16. The molecular weight excluding hydrogens is 458 g/mol. The average molecular weight is 474 g/mol. The Hall–Kier alpha value is -2.86. The van der Waals surface area contributed by atoms with Crippen LogP contribution in [0.25, 0.3) is 6.08 Å². The number of halogens is 1. The van der Waals surface area contributed by atoms with E-state index < -0.39 is 0 Å². The van der Waals surface area contributed by atoms with E-state index in [0.29, 0.717) is 49.4 Å². The van der Waals surface area contributed by atoms with Crippen LogP contribution in [0.4, 0.5) is 0 Å². The predicted molar refractivity (Wildman–Crippen MR) is 124 cm³/mol. The summed E-state index contributed by atoms with van der Waals surface area (Å²) in [6, 6.07) is 8.96. The number of rotatable bonds is 6. The standard InChI is InChI=1S/C22H16ClNO5S2/c1-3-6-27-20-15(23)7-14(9-18(20)26-2)10-19-21(25)24(22(30)31-19)11-13-4-5-16-17(8-13)29-12-28-16/h1,4-5,7-10H,6,11-12H2,2H3. The number of methoxy groups -OCH3 is 1. The van der Waals surface area contributed by atoms with Crippen LogP contribution in [0.3, 0.4) is 0 Å². The normalized spacial score (nSPS) is 16.0. The zero-order chi connectivity index (χ0) is 22.0. The number of ether oxygens (including phenoxy) is 4. The minimum absolute atomic E-state index is 0.0634. The Morgan fingerprint density at radius 1 is 1.32 bits per heavy atom. The molecule has 0 aliphatic carbocycles. The van der Waals surface area contributed by atoms with Crippen molar-refractivity contribution >= 4 is 51.9 Å². The summed E-state index contributed by atoms with van der Waals surface area (Å²) in [6.07, 6.45) is 6.96. The molecule has 0 bridgehead atoms. The minimum Gasteiger partial charge on any atom is -0.493 e. The molecule has 31 heavy (non-hydrogen) atoms. The SMILES string of the molecule is C#CCOc1c(Cl)cc(C=C2SC(=S)N(Cc3ccc4c(c3)OCO4)C2=O)cc1OC. The number of benzene rings is 2. The van der Waals surface area contributed by atoms with Gasteiger partial charge in [-0.05, 0) is 41.5 Å². The number of hydrogen-bond donors (Lipinski definition) is 0. The average Bonchev–Trinajstić information content (AvgIpc) is 3.32. The van der Waals surface area contributed by atoms with Crippen molar-refractivity contribution in [3.05, 3.63) is 51.4 Å². The van der Waals surface area contributed by atoms with Crippen LogP contribution in [0.15, 0.2) is 35.2 Å². The second-order valence-corrected chi connectivity index (χ2v) is 8.57. The third kappa shape index (κ3) is 4.44. The van der Waals surface area contributed by atoms with E-state index in [1.54, 1.807) is 23.1 Å². The molecule has 0 atom stereocenters. The van der Waals surface area contributed by atoms with Gasteiger partial charge < -0.3 is 18.9 Å². The maximum absolute atomic E-state index is 13.0. The summed E-state index contributed by atoms with van der Waals surface area (Å²) in [6.45, 7) is 0.594. The molecule has 1 fully saturated rings. The van der Waals surface area contributed by atoms with Crippen molar-refractivity contribution < 1.29 is 23.7 Å². The van der Waals surface area contributed by atoms with E-state index in [1.807, 2.05) is 18.2 Å². The molecular formula is C22H16ClNO5S2. The van der Waals surface area contributed by atoms with Gasteiger partial charge in [-0.25, -0.2) is 0 Å². The fraction of sp³-hybridized carbons (Fsp3) is 0.182. The summed E-state index contributed by atoms with van der Waals surface area (Å²) in [5.74, 6) is 4.33. The highest BCUT2D eigenvalue weighted by Gasteiger charge is 2.32. The number of thiocarbonyl (C=S) groups is 1. The largest absolute Gasteiger partial charge is 0.493 e. The van der Waals surface area contributed by atoms with Crippen LogP contribution >= 0.6 is 35.6 Å². The Balaban J connectivity index is 1.55. The van der Waals surface area contributed by atoms with Gasteiger partial charge >= 0.3 is 0 Å². The lowest BCUT2D eigenvalue weighted by Crippen LogP contribution is -2.27. The molecule has 2 heterocycles. The molecule has 4 rings (SSSR count).